The Kier molecular flexibility index (Phi) is 3.36. The molecule has 22 heavy (non-hydrogen) atoms. The number of fused-ring (bicyclic) bond motifs is 1. The van der Waals surface area contributed by atoms with E-state index in [9.17, 15) is 13.2 Å². The van der Waals surface area contributed by atoms with Gasteiger partial charge < -0.3 is 11.1 Å². The van der Waals surface area contributed by atoms with E-state index in [0.29, 0.717) is 16.6 Å². The minimum Gasteiger partial charge on any atom is -0.384 e. The number of nitrogen functional groups attached to an aromatic ring is 1. The van der Waals surface area contributed by atoms with Crippen molar-refractivity contribution in [2.24, 2.45) is 0 Å². The summed E-state index contributed by atoms with van der Waals surface area (Å²) < 4.78 is 39.8. The van der Waals surface area contributed by atoms with Crippen LogP contribution in [0.1, 0.15) is 17.6 Å². The largest absolute Gasteiger partial charge is 0.384 e. The normalized spacial score (nSPS) is 11.3. The average Bonchev–Trinajstić information content (AvgIpc) is 2.82. The van der Waals surface area contributed by atoms with Crippen LogP contribution in [0.3, 0.4) is 0 Å². The maximum Gasteiger partial charge on any atom is 0.264 e. The molecule has 1 aromatic carbocycles. The fourth-order valence-corrected chi connectivity index (χ4v) is 2.11. The third kappa shape index (κ3) is 2.43. The molecule has 0 radical (unpaired) electrons. The van der Waals surface area contributed by atoms with Crippen LogP contribution in [-0.2, 0) is 0 Å². The van der Waals surface area contributed by atoms with Gasteiger partial charge in [0.15, 0.2) is 17.3 Å². The number of aromatic amines is 1. The van der Waals surface area contributed by atoms with Crippen molar-refractivity contribution >= 4 is 28.4 Å². The molecule has 0 aliphatic heterocycles. The summed E-state index contributed by atoms with van der Waals surface area (Å²) in [5, 5.41) is 9.38. The number of H-pyrrole nitrogens is 1. The fraction of sp³-hybridized carbons (Fsp3) is 0.143. The number of nitrogens with two attached hydrogens (primary N) is 1. The number of pyridine rings is 1. The standard InChI is InChI=1S/C14H12F3N5/c1-6-2-3-7(4-8(6)11(16)17)19-14-10(15)5-9-12(18)21-22-13(9)20-14/h2-5,11H,1H3,(H4,18,19,20,21,22). The van der Waals surface area contributed by atoms with Gasteiger partial charge >= 0.3 is 0 Å². The van der Waals surface area contributed by atoms with Crippen molar-refractivity contribution in [3.63, 3.8) is 0 Å². The van der Waals surface area contributed by atoms with Crippen LogP contribution in [-0.4, -0.2) is 15.2 Å². The molecule has 0 fully saturated rings. The molecular formula is C14H12F3N5. The van der Waals surface area contributed by atoms with E-state index in [0.717, 1.165) is 0 Å². The second-order valence-electron chi connectivity index (χ2n) is 4.82. The Balaban J connectivity index is 1.99. The van der Waals surface area contributed by atoms with Crippen LogP contribution in [0, 0.1) is 12.7 Å². The minimum absolute atomic E-state index is 0.108. The SMILES string of the molecule is Cc1ccc(Nc2nc3n[nH]c(N)c3cc2F)cc1C(F)F. The molecule has 0 amide bonds. The van der Waals surface area contributed by atoms with E-state index in [-0.39, 0.29) is 22.8 Å². The van der Waals surface area contributed by atoms with Gasteiger partial charge in [-0.3, -0.25) is 5.10 Å². The van der Waals surface area contributed by atoms with Gasteiger partial charge in [0.1, 0.15) is 5.82 Å². The van der Waals surface area contributed by atoms with Crippen LogP contribution < -0.4 is 11.1 Å². The zero-order valence-electron chi connectivity index (χ0n) is 11.5. The Morgan fingerprint density at radius 3 is 2.77 bits per heavy atom. The smallest absolute Gasteiger partial charge is 0.264 e. The van der Waals surface area contributed by atoms with E-state index in [1.54, 1.807) is 13.0 Å². The summed E-state index contributed by atoms with van der Waals surface area (Å²) >= 11 is 0. The molecule has 0 aliphatic carbocycles. The molecule has 0 aliphatic rings. The highest BCUT2D eigenvalue weighted by molar-refractivity contribution is 5.87. The molecule has 2 heterocycles. The number of anilines is 3. The summed E-state index contributed by atoms with van der Waals surface area (Å²) in [6.45, 7) is 1.59. The second-order valence-corrected chi connectivity index (χ2v) is 4.82. The average molecular weight is 307 g/mol. The van der Waals surface area contributed by atoms with Gasteiger partial charge in [0.05, 0.1) is 5.39 Å². The van der Waals surface area contributed by atoms with Gasteiger partial charge in [-0.15, -0.1) is 0 Å². The van der Waals surface area contributed by atoms with Gasteiger partial charge in [-0.2, -0.15) is 5.10 Å². The van der Waals surface area contributed by atoms with Crippen molar-refractivity contribution in [3.8, 4) is 0 Å². The van der Waals surface area contributed by atoms with Crippen LogP contribution in [0.5, 0.6) is 0 Å². The lowest BCUT2D eigenvalue weighted by molar-refractivity contribution is 0.150. The molecular weight excluding hydrogens is 295 g/mol. The Morgan fingerprint density at radius 1 is 1.27 bits per heavy atom. The molecule has 4 N–H and O–H groups in total. The first-order chi connectivity index (χ1) is 10.5. The molecule has 3 rings (SSSR count). The van der Waals surface area contributed by atoms with Crippen molar-refractivity contribution in [2.45, 2.75) is 13.3 Å². The van der Waals surface area contributed by atoms with Crippen molar-refractivity contribution in [2.75, 3.05) is 11.1 Å². The Hall–Kier alpha value is -2.77. The number of rotatable bonds is 3. The van der Waals surface area contributed by atoms with E-state index in [2.05, 4.69) is 20.5 Å². The van der Waals surface area contributed by atoms with Crippen molar-refractivity contribution in [1.82, 2.24) is 15.2 Å². The number of aromatic nitrogens is 3. The zero-order chi connectivity index (χ0) is 15.9. The first-order valence-corrected chi connectivity index (χ1v) is 6.41. The highest BCUT2D eigenvalue weighted by atomic mass is 19.3. The Bertz CT molecular complexity index is 844. The fourth-order valence-electron chi connectivity index (χ4n) is 2.11. The number of hydrogen-bond acceptors (Lipinski definition) is 4. The molecule has 0 atom stereocenters. The zero-order valence-corrected chi connectivity index (χ0v) is 11.5. The van der Waals surface area contributed by atoms with Gasteiger partial charge in [-0.05, 0) is 30.7 Å². The van der Waals surface area contributed by atoms with Gasteiger partial charge in [-0.1, -0.05) is 6.07 Å². The van der Waals surface area contributed by atoms with Crippen LogP contribution in [0.15, 0.2) is 24.3 Å². The molecule has 8 heteroatoms. The maximum absolute atomic E-state index is 14.0. The lowest BCUT2D eigenvalue weighted by Gasteiger charge is -2.10. The summed E-state index contributed by atoms with van der Waals surface area (Å²) in [4.78, 5) is 3.99. The van der Waals surface area contributed by atoms with Crippen LogP contribution >= 0.6 is 0 Å². The molecule has 0 saturated carbocycles. The summed E-state index contributed by atoms with van der Waals surface area (Å²) in [7, 11) is 0. The Labute approximate surface area is 123 Å². The quantitative estimate of drug-likeness (QED) is 0.690. The van der Waals surface area contributed by atoms with E-state index in [4.69, 9.17) is 5.73 Å². The van der Waals surface area contributed by atoms with E-state index in [1.165, 1.54) is 18.2 Å². The summed E-state index contributed by atoms with van der Waals surface area (Å²) in [5.41, 5.74) is 6.49. The highest BCUT2D eigenvalue weighted by Gasteiger charge is 2.14. The van der Waals surface area contributed by atoms with Crippen molar-refractivity contribution in [3.05, 3.63) is 41.2 Å². The first kappa shape index (κ1) is 14.2. The highest BCUT2D eigenvalue weighted by Crippen LogP contribution is 2.28. The van der Waals surface area contributed by atoms with Crippen molar-refractivity contribution < 1.29 is 13.2 Å². The number of halogens is 3. The van der Waals surface area contributed by atoms with E-state index >= 15 is 0 Å². The molecule has 3 aromatic rings. The second kappa shape index (κ2) is 5.21. The molecule has 0 saturated heterocycles. The summed E-state index contributed by atoms with van der Waals surface area (Å²) in [6, 6.07) is 5.56. The van der Waals surface area contributed by atoms with E-state index in [1.807, 2.05) is 0 Å². The van der Waals surface area contributed by atoms with Crippen LogP contribution in [0.4, 0.5) is 30.5 Å². The number of benzene rings is 1. The van der Waals surface area contributed by atoms with Gasteiger partial charge in [0.2, 0.25) is 0 Å². The number of aryl methyl sites for hydroxylation is 1. The summed E-state index contributed by atoms with van der Waals surface area (Å²) in [5.74, 6) is -0.550. The number of nitrogens with one attached hydrogen (secondary N) is 2. The Morgan fingerprint density at radius 2 is 2.05 bits per heavy atom. The maximum atomic E-state index is 14.0. The monoisotopic (exact) mass is 307 g/mol. The third-order valence-corrected chi connectivity index (χ3v) is 3.31. The molecule has 5 nitrogen and oxygen atoms in total. The number of alkyl halides is 2. The molecule has 2 aromatic heterocycles. The molecule has 0 unspecified atom stereocenters. The number of hydrogen-bond donors (Lipinski definition) is 3. The molecule has 0 spiro atoms. The van der Waals surface area contributed by atoms with Crippen molar-refractivity contribution in [1.29, 1.82) is 0 Å². The third-order valence-electron chi connectivity index (χ3n) is 3.31. The lowest BCUT2D eigenvalue weighted by atomic mass is 10.1. The number of nitrogens with zero attached hydrogens (tertiary/aromatic N) is 2. The predicted octanol–water partition coefficient (Wildman–Crippen LogP) is 3.67. The van der Waals surface area contributed by atoms with Crippen LogP contribution in [0.25, 0.3) is 11.0 Å². The van der Waals surface area contributed by atoms with E-state index < -0.39 is 12.2 Å². The predicted molar refractivity (Wildman–Crippen MR) is 77.7 cm³/mol. The van der Waals surface area contributed by atoms with Crippen LogP contribution in [0.2, 0.25) is 0 Å². The lowest BCUT2D eigenvalue weighted by Crippen LogP contribution is -1.99. The van der Waals surface area contributed by atoms with Gasteiger partial charge in [-0.25, -0.2) is 18.2 Å². The van der Waals surface area contributed by atoms with Gasteiger partial charge in [0, 0.05) is 11.3 Å². The van der Waals surface area contributed by atoms with Gasteiger partial charge in [0.25, 0.3) is 6.43 Å². The minimum atomic E-state index is -2.60. The molecule has 0 bridgehead atoms. The topological polar surface area (TPSA) is 79.6 Å². The first-order valence-electron chi connectivity index (χ1n) is 6.41. The molecule has 114 valence electrons. The summed E-state index contributed by atoms with van der Waals surface area (Å²) in [6.07, 6.45) is -2.60.